The van der Waals surface area contributed by atoms with Gasteiger partial charge in [0.15, 0.2) is 0 Å². The second kappa shape index (κ2) is 5.00. The molecule has 0 atom stereocenters. The molecule has 0 saturated carbocycles. The van der Waals surface area contributed by atoms with Crippen molar-refractivity contribution in [2.24, 2.45) is 0 Å². The molecule has 1 radical (unpaired) electrons. The summed E-state index contributed by atoms with van der Waals surface area (Å²) < 4.78 is 54.0. The standard InChI is InChI=1S/C14H6F4NO.Ir/c15-13(16)10(7-11(20)14(13,17)18)12-9-4-2-1-3-8(9)5-6-19-12;/h1-6H;/q-1;. The first-order valence-electron chi connectivity index (χ1n) is 5.64. The topological polar surface area (TPSA) is 30.0 Å². The maximum atomic E-state index is 13.7. The molecule has 111 valence electrons. The molecular formula is C14H6F4IrNO-. The predicted octanol–water partition coefficient (Wildman–Crippen LogP) is 3.27. The molecule has 2 aromatic rings. The molecule has 3 rings (SSSR count). The van der Waals surface area contributed by atoms with Crippen LogP contribution in [0.25, 0.3) is 16.3 Å². The Balaban J connectivity index is 0.00000161. The van der Waals surface area contributed by atoms with Crippen molar-refractivity contribution < 1.29 is 42.5 Å². The Morgan fingerprint density at radius 1 is 1.00 bits per heavy atom. The maximum absolute atomic E-state index is 13.7. The summed E-state index contributed by atoms with van der Waals surface area (Å²) in [6, 6.07) is 7.92. The molecule has 1 aromatic carbocycles. The van der Waals surface area contributed by atoms with E-state index in [1.165, 1.54) is 12.3 Å². The summed E-state index contributed by atoms with van der Waals surface area (Å²) in [7, 11) is 0. The fourth-order valence-electron chi connectivity index (χ4n) is 2.10. The van der Waals surface area contributed by atoms with Crippen molar-refractivity contribution >= 4 is 22.1 Å². The van der Waals surface area contributed by atoms with E-state index < -0.39 is 23.2 Å². The smallest absolute Gasteiger partial charge is 0.350 e. The van der Waals surface area contributed by atoms with Gasteiger partial charge in [0.05, 0.1) is 0 Å². The normalized spacial score (nSPS) is 19.2. The summed E-state index contributed by atoms with van der Waals surface area (Å²) in [5.74, 6) is -11.4. The third kappa shape index (κ3) is 2.12. The number of allylic oxidation sites excluding steroid dienone is 2. The number of carbonyl (C=O) groups is 1. The molecule has 0 fully saturated rings. The summed E-state index contributed by atoms with van der Waals surface area (Å²) in [6.07, 6.45) is 2.78. The van der Waals surface area contributed by atoms with Crippen LogP contribution in [0.2, 0.25) is 0 Å². The molecule has 0 bridgehead atoms. The summed E-state index contributed by atoms with van der Waals surface area (Å²) in [6.45, 7) is 0. The number of Topliss-reactive ketones (excluding diaryl/α,β-unsaturated/α-hetero) is 1. The molecule has 0 saturated heterocycles. The van der Waals surface area contributed by atoms with Crippen LogP contribution in [-0.2, 0) is 24.9 Å². The fourth-order valence-corrected chi connectivity index (χ4v) is 2.10. The molecule has 0 spiro atoms. The number of hydrogen-bond donors (Lipinski definition) is 0. The van der Waals surface area contributed by atoms with Crippen LogP contribution in [0.15, 0.2) is 36.5 Å². The minimum atomic E-state index is -4.78. The molecule has 1 heterocycles. The van der Waals surface area contributed by atoms with Gasteiger partial charge in [-0.1, -0.05) is 35.3 Å². The zero-order chi connectivity index (χ0) is 14.5. The maximum Gasteiger partial charge on any atom is 0.355 e. The second-order valence-corrected chi connectivity index (χ2v) is 4.36. The van der Waals surface area contributed by atoms with Crippen molar-refractivity contribution in [3.05, 3.63) is 48.3 Å². The van der Waals surface area contributed by atoms with E-state index >= 15 is 0 Å². The number of ketones is 1. The van der Waals surface area contributed by atoms with Crippen LogP contribution in [0.4, 0.5) is 17.6 Å². The van der Waals surface area contributed by atoms with Crippen molar-refractivity contribution in [2.75, 3.05) is 0 Å². The van der Waals surface area contributed by atoms with Crippen LogP contribution in [0, 0.1) is 6.08 Å². The average Bonchev–Trinajstić information content (AvgIpc) is 2.58. The molecule has 1 aliphatic rings. The van der Waals surface area contributed by atoms with E-state index in [-0.39, 0.29) is 31.2 Å². The van der Waals surface area contributed by atoms with Gasteiger partial charge in [-0.3, -0.25) is 0 Å². The number of pyridine rings is 1. The third-order valence-corrected chi connectivity index (χ3v) is 3.14. The molecule has 0 aliphatic heterocycles. The van der Waals surface area contributed by atoms with Crippen molar-refractivity contribution in [2.45, 2.75) is 11.8 Å². The average molecular weight is 472 g/mol. The number of aromatic nitrogens is 1. The Morgan fingerprint density at radius 3 is 2.29 bits per heavy atom. The first-order valence-corrected chi connectivity index (χ1v) is 5.64. The second-order valence-electron chi connectivity index (χ2n) is 4.36. The molecule has 0 amide bonds. The van der Waals surface area contributed by atoms with Crippen LogP contribution in [-0.4, -0.2) is 22.6 Å². The quantitative estimate of drug-likeness (QED) is 0.471. The zero-order valence-electron chi connectivity index (χ0n) is 10.2. The molecule has 7 heteroatoms. The fraction of sp³-hybridized carbons (Fsp3) is 0.143. The van der Waals surface area contributed by atoms with E-state index in [1.807, 2.05) is 0 Å². The van der Waals surface area contributed by atoms with Crippen LogP contribution in [0.1, 0.15) is 5.69 Å². The largest absolute Gasteiger partial charge is 0.355 e. The van der Waals surface area contributed by atoms with Gasteiger partial charge in [-0.2, -0.15) is 23.6 Å². The Morgan fingerprint density at radius 2 is 1.67 bits per heavy atom. The van der Waals surface area contributed by atoms with Crippen molar-refractivity contribution in [1.82, 2.24) is 4.98 Å². The number of carbonyl (C=O) groups excluding carboxylic acids is 1. The van der Waals surface area contributed by atoms with Gasteiger partial charge < -0.3 is 9.78 Å². The van der Waals surface area contributed by atoms with E-state index in [4.69, 9.17) is 0 Å². The van der Waals surface area contributed by atoms with Gasteiger partial charge in [0.1, 0.15) is 5.78 Å². The minimum absolute atomic E-state index is 0. The van der Waals surface area contributed by atoms with Gasteiger partial charge in [0.25, 0.3) is 0 Å². The van der Waals surface area contributed by atoms with Crippen LogP contribution in [0.3, 0.4) is 0 Å². The number of nitrogens with zero attached hydrogens (tertiary/aromatic N) is 1. The Labute approximate surface area is 130 Å². The molecule has 0 N–H and O–H groups in total. The Kier molecular flexibility index (Phi) is 3.76. The van der Waals surface area contributed by atoms with Crippen LogP contribution < -0.4 is 0 Å². The zero-order valence-corrected chi connectivity index (χ0v) is 12.6. The number of rotatable bonds is 1. The van der Waals surface area contributed by atoms with Crippen molar-refractivity contribution in [3.63, 3.8) is 0 Å². The minimum Gasteiger partial charge on any atom is -0.350 e. The summed E-state index contributed by atoms with van der Waals surface area (Å²) in [5.41, 5.74) is -1.51. The number of alkyl halides is 4. The van der Waals surface area contributed by atoms with Gasteiger partial charge in [-0.15, -0.1) is 5.57 Å². The molecule has 1 aromatic heterocycles. The number of fused-ring (bicyclic) bond motifs is 1. The molecule has 1 aliphatic carbocycles. The van der Waals surface area contributed by atoms with Gasteiger partial charge in [-0.25, -0.2) is 0 Å². The first kappa shape index (κ1) is 15.8. The van der Waals surface area contributed by atoms with E-state index in [0.717, 1.165) is 0 Å². The van der Waals surface area contributed by atoms with Crippen molar-refractivity contribution in [3.8, 4) is 0 Å². The summed E-state index contributed by atoms with van der Waals surface area (Å²) >= 11 is 0. The van der Waals surface area contributed by atoms with Gasteiger partial charge >= 0.3 is 11.8 Å². The van der Waals surface area contributed by atoms with Gasteiger partial charge in [0, 0.05) is 26.3 Å². The summed E-state index contributed by atoms with van der Waals surface area (Å²) in [5, 5.41) is 0.827. The Bertz CT molecular complexity index is 752. The number of hydrogen-bond acceptors (Lipinski definition) is 2. The van der Waals surface area contributed by atoms with Crippen LogP contribution >= 0.6 is 0 Å². The molecule has 2 nitrogen and oxygen atoms in total. The van der Waals surface area contributed by atoms with Crippen molar-refractivity contribution in [1.29, 1.82) is 0 Å². The number of benzene rings is 1. The van der Waals surface area contributed by atoms with E-state index in [9.17, 15) is 22.4 Å². The van der Waals surface area contributed by atoms with Gasteiger partial charge in [-0.05, 0) is 11.5 Å². The van der Waals surface area contributed by atoms with E-state index in [1.54, 1.807) is 30.3 Å². The Hall–Kier alpha value is -1.59. The van der Waals surface area contributed by atoms with Crippen LogP contribution in [0.5, 0.6) is 0 Å². The SMILES string of the molecule is O=C1[C-]=C(c2nccc3ccccc23)C(F)(F)C1(F)F.[Ir]. The molecule has 21 heavy (non-hydrogen) atoms. The molecular weight excluding hydrogens is 466 g/mol. The first-order chi connectivity index (χ1) is 9.35. The predicted molar refractivity (Wildman–Crippen MR) is 63.3 cm³/mol. The molecule has 0 unspecified atom stereocenters. The van der Waals surface area contributed by atoms with E-state index in [0.29, 0.717) is 5.39 Å². The monoisotopic (exact) mass is 473 g/mol. The third-order valence-electron chi connectivity index (χ3n) is 3.14. The van der Waals surface area contributed by atoms with Gasteiger partial charge in [0.2, 0.25) is 0 Å². The van der Waals surface area contributed by atoms with E-state index in [2.05, 4.69) is 4.98 Å². The summed E-state index contributed by atoms with van der Waals surface area (Å²) in [4.78, 5) is 14.8. The number of halogens is 4.